The normalized spacial score (nSPS) is 39.0. The van der Waals surface area contributed by atoms with E-state index in [0.29, 0.717) is 30.2 Å². The molecule has 3 fully saturated rings. The first kappa shape index (κ1) is 20.9. The lowest BCUT2D eigenvalue weighted by atomic mass is 9.50. The first-order valence-electron chi connectivity index (χ1n) is 13.3. The van der Waals surface area contributed by atoms with Crippen molar-refractivity contribution in [3.63, 3.8) is 0 Å². The van der Waals surface area contributed by atoms with Gasteiger partial charge in [-0.05, 0) is 73.4 Å². The molecule has 5 heteroatoms. The predicted octanol–water partition coefficient (Wildman–Crippen LogP) is 3.66. The number of nitrogens with zero attached hydrogens (tertiary/aromatic N) is 2. The Morgan fingerprint density at radius 2 is 1.56 bits per heavy atom. The van der Waals surface area contributed by atoms with Crippen LogP contribution >= 0.6 is 0 Å². The second-order valence-corrected chi connectivity index (χ2v) is 11.4. The van der Waals surface area contributed by atoms with Gasteiger partial charge in [0, 0.05) is 31.1 Å². The maximum absolute atomic E-state index is 13.2. The lowest BCUT2D eigenvalue weighted by Crippen LogP contribution is -2.50. The lowest BCUT2D eigenvalue weighted by molar-refractivity contribution is -0.140. The van der Waals surface area contributed by atoms with Crippen molar-refractivity contribution in [2.45, 2.75) is 31.6 Å². The number of rotatable bonds is 6. The predicted molar refractivity (Wildman–Crippen MR) is 129 cm³/mol. The van der Waals surface area contributed by atoms with Crippen LogP contribution in [0.4, 0.5) is 0 Å². The van der Waals surface area contributed by atoms with Crippen molar-refractivity contribution in [1.29, 1.82) is 0 Å². The van der Waals surface area contributed by atoms with Gasteiger partial charge in [-0.25, -0.2) is 0 Å². The number of hydrogen-bond donors (Lipinski definition) is 0. The molecule has 8 atom stereocenters. The number of methoxy groups -OCH3 is 1. The first-order chi connectivity index (χ1) is 16.7. The minimum Gasteiger partial charge on any atom is -0.496 e. The largest absolute Gasteiger partial charge is 0.496 e. The minimum absolute atomic E-state index is 0.101. The van der Waals surface area contributed by atoms with Gasteiger partial charge in [0.2, 0.25) is 11.8 Å². The van der Waals surface area contributed by atoms with Crippen LogP contribution < -0.4 is 4.74 Å². The summed E-state index contributed by atoms with van der Waals surface area (Å²) in [7, 11) is 1.78. The van der Waals surface area contributed by atoms with E-state index in [9.17, 15) is 9.59 Å². The van der Waals surface area contributed by atoms with E-state index in [0.717, 1.165) is 44.6 Å². The highest BCUT2D eigenvalue weighted by molar-refractivity contribution is 6.06. The zero-order valence-electron chi connectivity index (χ0n) is 19.9. The quantitative estimate of drug-likeness (QED) is 0.371. The van der Waals surface area contributed by atoms with Gasteiger partial charge in [-0.2, -0.15) is 0 Å². The van der Waals surface area contributed by atoms with Crippen LogP contribution in [-0.4, -0.2) is 54.9 Å². The minimum atomic E-state index is -0.106. The molecule has 2 unspecified atom stereocenters. The van der Waals surface area contributed by atoms with Gasteiger partial charge in [0.15, 0.2) is 0 Å². The highest BCUT2D eigenvalue weighted by atomic mass is 16.5. The summed E-state index contributed by atoms with van der Waals surface area (Å²) in [5.41, 5.74) is 2.90. The molecule has 7 aliphatic rings. The molecule has 178 valence electrons. The van der Waals surface area contributed by atoms with Gasteiger partial charge in [0.1, 0.15) is 5.75 Å². The van der Waals surface area contributed by atoms with Crippen LogP contribution in [0.5, 0.6) is 5.75 Å². The number of imide groups is 1. The van der Waals surface area contributed by atoms with Gasteiger partial charge in [0.25, 0.3) is 0 Å². The number of aryl methyl sites for hydroxylation is 1. The molecule has 0 N–H and O–H groups in total. The van der Waals surface area contributed by atoms with Gasteiger partial charge >= 0.3 is 0 Å². The molecule has 2 bridgehead atoms. The summed E-state index contributed by atoms with van der Waals surface area (Å²) >= 11 is 0. The Hall–Kier alpha value is -2.40. The summed E-state index contributed by atoms with van der Waals surface area (Å²) in [6.07, 6.45) is 13.3. The van der Waals surface area contributed by atoms with Crippen molar-refractivity contribution in [1.82, 2.24) is 9.80 Å². The molecule has 2 amide bonds. The monoisotopic (exact) mass is 458 g/mol. The van der Waals surface area contributed by atoms with Crippen LogP contribution in [0.25, 0.3) is 0 Å². The number of unbranched alkanes of at least 4 members (excludes halogenated alkanes) is 1. The van der Waals surface area contributed by atoms with Crippen molar-refractivity contribution in [2.24, 2.45) is 41.4 Å². The summed E-state index contributed by atoms with van der Waals surface area (Å²) < 4.78 is 5.71. The van der Waals surface area contributed by atoms with E-state index >= 15 is 0 Å². The number of amides is 2. The van der Waals surface area contributed by atoms with Crippen molar-refractivity contribution in [3.05, 3.63) is 53.6 Å². The Morgan fingerprint density at radius 1 is 0.882 bits per heavy atom. The lowest BCUT2D eigenvalue weighted by Gasteiger charge is -2.51. The average Bonchev–Trinajstić information content (AvgIpc) is 3.36. The molecule has 1 aromatic rings. The molecular formula is C29H34N2O3. The maximum atomic E-state index is 13.2. The molecule has 0 radical (unpaired) electrons. The molecule has 1 aromatic carbocycles. The third-order valence-electron chi connectivity index (χ3n) is 9.92. The smallest absolute Gasteiger partial charge is 0.233 e. The topological polar surface area (TPSA) is 49.9 Å². The van der Waals surface area contributed by atoms with E-state index in [-0.39, 0.29) is 35.5 Å². The second-order valence-electron chi connectivity index (χ2n) is 11.4. The maximum Gasteiger partial charge on any atom is 0.233 e. The van der Waals surface area contributed by atoms with Crippen molar-refractivity contribution in [3.8, 4) is 5.75 Å². The fourth-order valence-electron chi connectivity index (χ4n) is 8.29. The first-order valence-corrected chi connectivity index (χ1v) is 13.3. The standard InChI is InChI=1S/C29H34N2O3/c1-34-24-6-4-5-17-7-8-18-15-30(16-23(18)25(17)24)13-2-3-14-31-28(32)26-21-11-12-22(27(26)29(31)33)20-10-9-19(20)21/h4-6,9-12,18-23,26-27H,2-3,7-8,13-16H2,1H3/t18-,19?,20?,21-,22+,23+,26-,27+/m0/s1. The fourth-order valence-corrected chi connectivity index (χ4v) is 8.29. The number of benzene rings is 1. The molecule has 0 aromatic heterocycles. The second kappa shape index (κ2) is 7.81. The SMILES string of the molecule is COc1cccc2c1[C@@H]1CN(CCCCN3C(=O)[C@@H]4[C@H](C3=O)[C@@H]3C=C[C@H]4C4C=CC43)C[C@@H]1CC2. The molecule has 0 spiro atoms. The van der Waals surface area contributed by atoms with Gasteiger partial charge in [-0.1, -0.05) is 36.4 Å². The highest BCUT2D eigenvalue weighted by Gasteiger charge is 2.62. The summed E-state index contributed by atoms with van der Waals surface area (Å²) in [4.78, 5) is 30.7. The van der Waals surface area contributed by atoms with E-state index in [4.69, 9.17) is 4.74 Å². The molecular weight excluding hydrogens is 424 g/mol. The van der Waals surface area contributed by atoms with E-state index in [1.54, 1.807) is 12.0 Å². The molecule has 2 aliphatic heterocycles. The number of ether oxygens (including phenoxy) is 1. The van der Waals surface area contributed by atoms with Crippen molar-refractivity contribution in [2.75, 3.05) is 33.3 Å². The Balaban J connectivity index is 0.957. The van der Waals surface area contributed by atoms with Crippen molar-refractivity contribution >= 4 is 11.8 Å². The third kappa shape index (κ3) is 2.89. The Bertz CT molecular complexity index is 1040. The van der Waals surface area contributed by atoms with Crippen LogP contribution in [0.3, 0.4) is 0 Å². The summed E-state index contributed by atoms with van der Waals surface area (Å²) in [6.45, 7) is 3.87. The summed E-state index contributed by atoms with van der Waals surface area (Å²) in [5.74, 6) is 3.75. The number of allylic oxidation sites excluding steroid dienone is 4. The zero-order chi connectivity index (χ0) is 23.0. The number of carbonyl (C=O) groups is 2. The molecule has 2 heterocycles. The summed E-state index contributed by atoms with van der Waals surface area (Å²) in [6, 6.07) is 6.49. The number of likely N-dealkylation sites (tertiary alicyclic amines) is 2. The van der Waals surface area contributed by atoms with Crippen molar-refractivity contribution < 1.29 is 14.3 Å². The molecule has 34 heavy (non-hydrogen) atoms. The van der Waals surface area contributed by atoms with Gasteiger partial charge in [0.05, 0.1) is 18.9 Å². The number of carbonyl (C=O) groups excluding carboxylic acids is 2. The van der Waals surface area contributed by atoms with Gasteiger partial charge in [-0.15, -0.1) is 0 Å². The average molecular weight is 459 g/mol. The summed E-state index contributed by atoms with van der Waals surface area (Å²) in [5, 5.41) is 0. The van der Waals surface area contributed by atoms with Crippen LogP contribution in [-0.2, 0) is 16.0 Å². The van der Waals surface area contributed by atoms with E-state index in [2.05, 4.69) is 47.4 Å². The Kier molecular flexibility index (Phi) is 4.81. The van der Waals surface area contributed by atoms with Crippen LogP contribution in [0.15, 0.2) is 42.5 Å². The zero-order valence-corrected chi connectivity index (χ0v) is 19.9. The molecule has 8 rings (SSSR count). The number of fused-ring (bicyclic) bond motifs is 3. The third-order valence-corrected chi connectivity index (χ3v) is 9.92. The van der Waals surface area contributed by atoms with E-state index in [1.807, 2.05) is 0 Å². The van der Waals surface area contributed by atoms with E-state index < -0.39 is 0 Å². The number of hydrogen-bond acceptors (Lipinski definition) is 4. The fraction of sp³-hybridized carbons (Fsp3) is 0.586. The van der Waals surface area contributed by atoms with Crippen LogP contribution in [0.2, 0.25) is 0 Å². The van der Waals surface area contributed by atoms with Crippen LogP contribution in [0, 0.1) is 41.4 Å². The Labute approximate surface area is 201 Å². The Morgan fingerprint density at radius 3 is 2.24 bits per heavy atom. The van der Waals surface area contributed by atoms with Gasteiger partial charge < -0.3 is 9.64 Å². The molecule has 2 saturated heterocycles. The van der Waals surface area contributed by atoms with Crippen LogP contribution in [0.1, 0.15) is 36.3 Å². The molecule has 5 nitrogen and oxygen atoms in total. The molecule has 5 aliphatic carbocycles. The van der Waals surface area contributed by atoms with E-state index in [1.165, 1.54) is 17.5 Å². The highest BCUT2D eigenvalue weighted by Crippen LogP contribution is 2.58. The molecule has 1 saturated carbocycles. The van der Waals surface area contributed by atoms with Gasteiger partial charge in [-0.3, -0.25) is 14.5 Å².